The van der Waals surface area contributed by atoms with Gasteiger partial charge in [0.25, 0.3) is 4.45 Å². The van der Waals surface area contributed by atoms with E-state index < -0.39 is 4.45 Å². The second-order valence-corrected chi connectivity index (χ2v) is 6.19. The lowest BCUT2D eigenvalue weighted by molar-refractivity contribution is -0.552. The molecule has 4 heteroatoms. The first-order chi connectivity index (χ1) is 6.38. The fourth-order valence-electron chi connectivity index (χ4n) is 2.48. The second-order valence-electron chi connectivity index (χ2n) is 4.81. The summed E-state index contributed by atoms with van der Waals surface area (Å²) in [6.45, 7) is 6.23. The van der Waals surface area contributed by atoms with Gasteiger partial charge in [-0.2, -0.15) is 0 Å². The smallest absolute Gasteiger partial charge is 0.263 e. The number of rotatable bonds is 2. The van der Waals surface area contributed by atoms with Crippen molar-refractivity contribution in [3.05, 3.63) is 10.1 Å². The third-order valence-electron chi connectivity index (χ3n) is 3.28. The third kappa shape index (κ3) is 2.10. The second kappa shape index (κ2) is 4.17. The highest BCUT2D eigenvalue weighted by Crippen LogP contribution is 2.46. The molecular weight excluding hydrogens is 246 g/mol. The van der Waals surface area contributed by atoms with E-state index in [4.69, 9.17) is 0 Å². The van der Waals surface area contributed by atoms with Crippen LogP contribution < -0.4 is 0 Å². The Hall–Kier alpha value is -0.120. The van der Waals surface area contributed by atoms with E-state index in [9.17, 15) is 10.1 Å². The zero-order chi connectivity index (χ0) is 10.9. The van der Waals surface area contributed by atoms with Crippen molar-refractivity contribution in [2.45, 2.75) is 44.5 Å². The predicted octanol–water partition coefficient (Wildman–Crippen LogP) is 3.45. The molecule has 0 aliphatic heterocycles. The van der Waals surface area contributed by atoms with Crippen molar-refractivity contribution in [2.75, 3.05) is 0 Å². The van der Waals surface area contributed by atoms with Crippen molar-refractivity contribution in [1.82, 2.24) is 0 Å². The van der Waals surface area contributed by atoms with Crippen LogP contribution in [0.2, 0.25) is 0 Å². The average Bonchev–Trinajstić information content (AvgIpc) is 2.02. The van der Waals surface area contributed by atoms with E-state index in [1.165, 1.54) is 0 Å². The first kappa shape index (κ1) is 12.0. The van der Waals surface area contributed by atoms with Crippen LogP contribution in [0.3, 0.4) is 0 Å². The van der Waals surface area contributed by atoms with Gasteiger partial charge in [0.15, 0.2) is 0 Å². The molecule has 0 radical (unpaired) electrons. The molecule has 3 nitrogen and oxygen atoms in total. The maximum Gasteiger partial charge on any atom is 0.277 e. The van der Waals surface area contributed by atoms with E-state index >= 15 is 0 Å². The molecule has 0 saturated heterocycles. The van der Waals surface area contributed by atoms with E-state index in [1.54, 1.807) is 0 Å². The molecule has 0 bridgehead atoms. The highest BCUT2D eigenvalue weighted by atomic mass is 79.9. The van der Waals surface area contributed by atoms with E-state index in [0.29, 0.717) is 18.3 Å². The molecule has 0 aromatic heterocycles. The highest BCUT2D eigenvalue weighted by Gasteiger charge is 2.52. The van der Waals surface area contributed by atoms with Crippen molar-refractivity contribution in [1.29, 1.82) is 0 Å². The molecule has 0 N–H and O–H groups in total. The molecule has 1 fully saturated rings. The summed E-state index contributed by atoms with van der Waals surface area (Å²) in [5.41, 5.74) is 0. The summed E-state index contributed by atoms with van der Waals surface area (Å²) in [5.74, 6) is 0.982. The fraction of sp³-hybridized carbons (Fsp3) is 1.00. The van der Waals surface area contributed by atoms with Gasteiger partial charge in [-0.25, -0.2) is 0 Å². The van der Waals surface area contributed by atoms with Gasteiger partial charge in [-0.1, -0.05) is 20.8 Å². The van der Waals surface area contributed by atoms with Crippen molar-refractivity contribution in [2.24, 2.45) is 17.8 Å². The molecule has 14 heavy (non-hydrogen) atoms. The van der Waals surface area contributed by atoms with Crippen LogP contribution in [0.15, 0.2) is 0 Å². The summed E-state index contributed by atoms with van der Waals surface area (Å²) in [5, 5.41) is 11.1. The Balaban J connectivity index is 2.88. The van der Waals surface area contributed by atoms with Gasteiger partial charge in [-0.15, -0.1) is 0 Å². The van der Waals surface area contributed by atoms with Crippen LogP contribution in [-0.4, -0.2) is 9.37 Å². The van der Waals surface area contributed by atoms with Gasteiger partial charge in [0.05, 0.1) is 0 Å². The quantitative estimate of drug-likeness (QED) is 0.332. The Morgan fingerprint density at radius 1 is 1.50 bits per heavy atom. The SMILES string of the molecule is CC(C)[C@@H]1CC[C@@H](C)C[C@@]1(Br)[N+](=O)[O-]. The molecule has 82 valence electrons. The molecule has 0 heterocycles. The van der Waals surface area contributed by atoms with E-state index in [2.05, 4.69) is 36.7 Å². The zero-order valence-electron chi connectivity index (χ0n) is 9.00. The minimum Gasteiger partial charge on any atom is -0.263 e. The van der Waals surface area contributed by atoms with Gasteiger partial charge in [0, 0.05) is 33.2 Å². The topological polar surface area (TPSA) is 43.1 Å². The van der Waals surface area contributed by atoms with Gasteiger partial charge < -0.3 is 0 Å². The fourth-order valence-corrected chi connectivity index (χ4v) is 3.79. The van der Waals surface area contributed by atoms with Gasteiger partial charge in [-0.05, 0) is 24.7 Å². The van der Waals surface area contributed by atoms with Crippen LogP contribution in [0.4, 0.5) is 0 Å². The standard InChI is InChI=1S/C10H18BrNO2/c1-7(2)9-5-4-8(3)6-10(9,11)12(13)14/h7-9H,4-6H2,1-3H3/t8-,9+,10-/m1/s1. The molecule has 0 unspecified atom stereocenters. The molecule has 1 aliphatic carbocycles. The van der Waals surface area contributed by atoms with E-state index in [-0.39, 0.29) is 10.8 Å². The molecule has 0 aromatic carbocycles. The Bertz CT molecular complexity index is 232. The lowest BCUT2D eigenvalue weighted by Crippen LogP contribution is -2.46. The first-order valence-electron chi connectivity index (χ1n) is 5.21. The Labute approximate surface area is 93.5 Å². The average molecular weight is 264 g/mol. The summed E-state index contributed by atoms with van der Waals surface area (Å²) in [4.78, 5) is 11.0. The maximum atomic E-state index is 11.1. The third-order valence-corrected chi connectivity index (χ3v) is 4.48. The molecule has 1 saturated carbocycles. The Morgan fingerprint density at radius 3 is 2.50 bits per heavy atom. The zero-order valence-corrected chi connectivity index (χ0v) is 10.6. The predicted molar refractivity (Wildman–Crippen MR) is 60.0 cm³/mol. The first-order valence-corrected chi connectivity index (χ1v) is 6.00. The number of hydrogen-bond acceptors (Lipinski definition) is 2. The number of alkyl halides is 1. The largest absolute Gasteiger partial charge is 0.277 e. The van der Waals surface area contributed by atoms with E-state index in [1.807, 2.05) is 0 Å². The Kier molecular flexibility index (Phi) is 3.56. The normalized spacial score (nSPS) is 38.6. The van der Waals surface area contributed by atoms with Gasteiger partial charge in [-0.3, -0.25) is 10.1 Å². The summed E-state index contributed by atoms with van der Waals surface area (Å²) in [6, 6.07) is 0. The van der Waals surface area contributed by atoms with Gasteiger partial charge in [0.1, 0.15) is 0 Å². The summed E-state index contributed by atoms with van der Waals surface area (Å²) in [7, 11) is 0. The molecule has 0 amide bonds. The van der Waals surface area contributed by atoms with Crippen LogP contribution in [0.5, 0.6) is 0 Å². The molecular formula is C10H18BrNO2. The molecule has 1 rings (SSSR count). The number of hydrogen-bond donors (Lipinski definition) is 0. The van der Waals surface area contributed by atoms with Crippen molar-refractivity contribution in [3.63, 3.8) is 0 Å². The minimum absolute atomic E-state index is 0.132. The van der Waals surface area contributed by atoms with Crippen LogP contribution in [-0.2, 0) is 0 Å². The number of nitro groups is 1. The van der Waals surface area contributed by atoms with Gasteiger partial charge in [0.2, 0.25) is 0 Å². The monoisotopic (exact) mass is 263 g/mol. The highest BCUT2D eigenvalue weighted by molar-refractivity contribution is 9.10. The van der Waals surface area contributed by atoms with Crippen molar-refractivity contribution in [3.8, 4) is 0 Å². The molecule has 0 aromatic rings. The van der Waals surface area contributed by atoms with Crippen LogP contribution >= 0.6 is 15.9 Å². The Morgan fingerprint density at radius 2 is 2.07 bits per heavy atom. The maximum absolute atomic E-state index is 11.1. The summed E-state index contributed by atoms with van der Waals surface area (Å²) < 4.78 is -0.876. The molecule has 1 aliphatic rings. The van der Waals surface area contributed by atoms with E-state index in [0.717, 1.165) is 12.8 Å². The minimum atomic E-state index is -0.876. The van der Waals surface area contributed by atoms with Crippen molar-refractivity contribution < 1.29 is 4.92 Å². The van der Waals surface area contributed by atoms with Crippen LogP contribution in [0.25, 0.3) is 0 Å². The van der Waals surface area contributed by atoms with Crippen molar-refractivity contribution >= 4 is 15.9 Å². The molecule has 3 atom stereocenters. The summed E-state index contributed by atoms with van der Waals surface area (Å²) >= 11 is 3.37. The number of nitrogens with zero attached hydrogens (tertiary/aromatic N) is 1. The van der Waals surface area contributed by atoms with Crippen LogP contribution in [0.1, 0.15) is 40.0 Å². The van der Waals surface area contributed by atoms with Gasteiger partial charge >= 0.3 is 0 Å². The van der Waals surface area contributed by atoms with Crippen LogP contribution in [0, 0.1) is 27.9 Å². The lowest BCUT2D eigenvalue weighted by atomic mass is 9.74. The number of halogens is 1. The lowest BCUT2D eigenvalue weighted by Gasteiger charge is -2.37. The molecule has 0 spiro atoms. The summed E-state index contributed by atoms with van der Waals surface area (Å²) in [6.07, 6.45) is 2.73.